The van der Waals surface area contributed by atoms with Crippen molar-refractivity contribution in [3.8, 4) is 5.75 Å². The van der Waals surface area contributed by atoms with Crippen molar-refractivity contribution >= 4 is 0 Å². The van der Waals surface area contributed by atoms with E-state index in [1.807, 2.05) is 50.4 Å². The zero-order chi connectivity index (χ0) is 14.4. The topological polar surface area (TPSA) is 48.1 Å². The van der Waals surface area contributed by atoms with Gasteiger partial charge < -0.3 is 10.5 Å². The van der Waals surface area contributed by atoms with Crippen LogP contribution in [0.15, 0.2) is 48.7 Å². The third kappa shape index (κ3) is 4.07. The summed E-state index contributed by atoms with van der Waals surface area (Å²) in [5, 5.41) is 0. The van der Waals surface area contributed by atoms with Gasteiger partial charge in [-0.25, -0.2) is 0 Å². The molecule has 0 aliphatic carbocycles. The molecule has 0 bridgehead atoms. The summed E-state index contributed by atoms with van der Waals surface area (Å²) in [5.74, 6) is 1.15. The molecule has 0 saturated carbocycles. The maximum atomic E-state index is 5.90. The van der Waals surface area contributed by atoms with Crippen LogP contribution in [0, 0.1) is 0 Å². The molecule has 106 valence electrons. The minimum Gasteiger partial charge on any atom is -0.491 e. The molecule has 0 amide bonds. The fourth-order valence-electron chi connectivity index (χ4n) is 2.23. The van der Waals surface area contributed by atoms with Gasteiger partial charge in [-0.05, 0) is 50.1 Å². The van der Waals surface area contributed by atoms with Gasteiger partial charge in [-0.1, -0.05) is 18.2 Å². The Hall–Kier alpha value is -1.87. The Morgan fingerprint density at radius 2 is 2.00 bits per heavy atom. The van der Waals surface area contributed by atoms with Crippen molar-refractivity contribution in [3.05, 3.63) is 59.9 Å². The number of hydrogen-bond donors (Lipinski definition) is 1. The zero-order valence-corrected chi connectivity index (χ0v) is 12.1. The van der Waals surface area contributed by atoms with Crippen LogP contribution in [0.5, 0.6) is 5.75 Å². The monoisotopic (exact) mass is 270 g/mol. The second-order valence-electron chi connectivity index (χ2n) is 5.21. The van der Waals surface area contributed by atoms with Crippen LogP contribution in [0.4, 0.5) is 0 Å². The molecule has 1 unspecified atom stereocenters. The van der Waals surface area contributed by atoms with Crippen LogP contribution < -0.4 is 10.5 Å². The van der Waals surface area contributed by atoms with E-state index in [-0.39, 0.29) is 12.0 Å². The van der Waals surface area contributed by atoms with Gasteiger partial charge in [0.15, 0.2) is 0 Å². The van der Waals surface area contributed by atoms with Crippen LogP contribution in [0.2, 0.25) is 0 Å². The van der Waals surface area contributed by atoms with Gasteiger partial charge in [0.25, 0.3) is 0 Å². The Morgan fingerprint density at radius 1 is 1.15 bits per heavy atom. The molecule has 0 fully saturated rings. The molecule has 1 aromatic heterocycles. The molecule has 2 rings (SSSR count). The summed E-state index contributed by atoms with van der Waals surface area (Å²) in [6.45, 7) is 4.65. The number of rotatable bonds is 6. The number of nitrogens with two attached hydrogens (primary N) is 1. The Morgan fingerprint density at radius 3 is 2.65 bits per heavy atom. The van der Waals surface area contributed by atoms with Crippen LogP contribution in [0.25, 0.3) is 0 Å². The highest BCUT2D eigenvalue weighted by molar-refractivity contribution is 5.30. The first-order valence-electron chi connectivity index (χ1n) is 7.05. The minimum absolute atomic E-state index is 0.186. The molecule has 20 heavy (non-hydrogen) atoms. The Kier molecular flexibility index (Phi) is 5.13. The van der Waals surface area contributed by atoms with Gasteiger partial charge in [0.05, 0.1) is 6.10 Å². The summed E-state index contributed by atoms with van der Waals surface area (Å²) in [6, 6.07) is 14.2. The number of hydrogen-bond acceptors (Lipinski definition) is 3. The second-order valence-corrected chi connectivity index (χ2v) is 5.21. The number of pyridine rings is 1. The summed E-state index contributed by atoms with van der Waals surface area (Å²) in [7, 11) is 0. The molecular weight excluding hydrogens is 248 g/mol. The smallest absolute Gasteiger partial charge is 0.119 e. The van der Waals surface area contributed by atoms with Crippen molar-refractivity contribution in [2.24, 2.45) is 5.73 Å². The van der Waals surface area contributed by atoms with Gasteiger partial charge in [-0.2, -0.15) is 0 Å². The Balaban J connectivity index is 2.12. The van der Waals surface area contributed by atoms with Crippen molar-refractivity contribution in [2.75, 3.05) is 6.54 Å². The quantitative estimate of drug-likeness (QED) is 0.877. The van der Waals surface area contributed by atoms with E-state index in [9.17, 15) is 0 Å². The van der Waals surface area contributed by atoms with Crippen molar-refractivity contribution < 1.29 is 4.74 Å². The van der Waals surface area contributed by atoms with Gasteiger partial charge in [-0.3, -0.25) is 4.98 Å². The molecule has 0 saturated heterocycles. The molecular formula is C17H22N2O. The first-order chi connectivity index (χ1) is 9.69. The number of benzene rings is 1. The van der Waals surface area contributed by atoms with Crippen molar-refractivity contribution in [1.29, 1.82) is 0 Å². The van der Waals surface area contributed by atoms with E-state index in [4.69, 9.17) is 10.5 Å². The fraction of sp³-hybridized carbons (Fsp3) is 0.353. The first-order valence-corrected chi connectivity index (χ1v) is 7.05. The van der Waals surface area contributed by atoms with Crippen molar-refractivity contribution in [1.82, 2.24) is 4.98 Å². The molecule has 1 atom stereocenters. The van der Waals surface area contributed by atoms with Crippen LogP contribution in [-0.2, 0) is 6.42 Å². The summed E-state index contributed by atoms with van der Waals surface area (Å²) >= 11 is 0. The predicted octanol–water partition coefficient (Wildman–Crippen LogP) is 3.15. The number of nitrogens with zero attached hydrogens (tertiary/aromatic N) is 1. The molecule has 2 aromatic rings. The number of aromatic nitrogens is 1. The molecule has 1 aromatic carbocycles. The van der Waals surface area contributed by atoms with E-state index in [1.54, 1.807) is 0 Å². The third-order valence-corrected chi connectivity index (χ3v) is 3.14. The molecule has 1 heterocycles. The zero-order valence-electron chi connectivity index (χ0n) is 12.1. The first kappa shape index (κ1) is 14.5. The van der Waals surface area contributed by atoms with Crippen LogP contribution in [0.3, 0.4) is 0 Å². The maximum absolute atomic E-state index is 5.90. The van der Waals surface area contributed by atoms with Crippen LogP contribution in [-0.4, -0.2) is 17.6 Å². The lowest BCUT2D eigenvalue weighted by molar-refractivity contribution is 0.242. The molecule has 0 aliphatic heterocycles. The molecule has 0 aliphatic rings. The number of ether oxygens (including phenoxy) is 1. The molecule has 0 radical (unpaired) electrons. The normalized spacial score (nSPS) is 12.4. The highest BCUT2D eigenvalue weighted by Gasteiger charge is 2.12. The molecule has 3 nitrogen and oxygen atoms in total. The lowest BCUT2D eigenvalue weighted by Crippen LogP contribution is -2.16. The summed E-state index contributed by atoms with van der Waals surface area (Å²) in [5.41, 5.74) is 8.17. The van der Waals surface area contributed by atoms with E-state index in [0.717, 1.165) is 17.9 Å². The largest absolute Gasteiger partial charge is 0.491 e. The van der Waals surface area contributed by atoms with E-state index < -0.39 is 0 Å². The summed E-state index contributed by atoms with van der Waals surface area (Å²) in [6.07, 6.45) is 2.88. The standard InChI is InChI=1S/C17H22N2O/c1-13(2)20-16-7-5-6-14(11-16)10-15(12-18)17-8-3-4-9-19-17/h3-9,11,13,15H,10,12,18H2,1-2H3. The van der Waals surface area contributed by atoms with Crippen molar-refractivity contribution in [2.45, 2.75) is 32.3 Å². The van der Waals surface area contributed by atoms with Gasteiger partial charge in [-0.15, -0.1) is 0 Å². The third-order valence-electron chi connectivity index (χ3n) is 3.14. The van der Waals surface area contributed by atoms with E-state index in [0.29, 0.717) is 6.54 Å². The molecule has 2 N–H and O–H groups in total. The highest BCUT2D eigenvalue weighted by Crippen LogP contribution is 2.21. The van der Waals surface area contributed by atoms with E-state index >= 15 is 0 Å². The van der Waals surface area contributed by atoms with Gasteiger partial charge in [0.2, 0.25) is 0 Å². The lowest BCUT2D eigenvalue weighted by Gasteiger charge is -2.15. The van der Waals surface area contributed by atoms with Crippen LogP contribution >= 0.6 is 0 Å². The van der Waals surface area contributed by atoms with Gasteiger partial charge >= 0.3 is 0 Å². The Labute approximate surface area is 120 Å². The minimum atomic E-state index is 0.186. The Bertz CT molecular complexity index is 526. The summed E-state index contributed by atoms with van der Waals surface area (Å²) in [4.78, 5) is 4.41. The maximum Gasteiger partial charge on any atom is 0.119 e. The van der Waals surface area contributed by atoms with Crippen molar-refractivity contribution in [3.63, 3.8) is 0 Å². The predicted molar refractivity (Wildman–Crippen MR) is 81.9 cm³/mol. The van der Waals surface area contributed by atoms with E-state index in [2.05, 4.69) is 17.1 Å². The SMILES string of the molecule is CC(C)Oc1cccc(CC(CN)c2ccccn2)c1. The van der Waals surface area contributed by atoms with Crippen LogP contribution in [0.1, 0.15) is 31.0 Å². The highest BCUT2D eigenvalue weighted by atomic mass is 16.5. The molecule has 3 heteroatoms. The van der Waals surface area contributed by atoms with Gasteiger partial charge in [0.1, 0.15) is 5.75 Å². The average molecular weight is 270 g/mol. The lowest BCUT2D eigenvalue weighted by atomic mass is 9.95. The second kappa shape index (κ2) is 7.06. The van der Waals surface area contributed by atoms with E-state index in [1.165, 1.54) is 5.56 Å². The van der Waals surface area contributed by atoms with Gasteiger partial charge in [0, 0.05) is 24.4 Å². The fourth-order valence-corrected chi connectivity index (χ4v) is 2.23. The summed E-state index contributed by atoms with van der Waals surface area (Å²) < 4.78 is 5.73. The molecule has 0 spiro atoms. The average Bonchev–Trinajstić information content (AvgIpc) is 2.45.